The van der Waals surface area contributed by atoms with E-state index in [1.807, 2.05) is 17.6 Å². The molecule has 126 valence electrons. The summed E-state index contributed by atoms with van der Waals surface area (Å²) in [6.45, 7) is 3.10. The van der Waals surface area contributed by atoms with Crippen LogP contribution in [0, 0.1) is 0 Å². The van der Waals surface area contributed by atoms with Crippen molar-refractivity contribution in [1.29, 1.82) is 0 Å². The van der Waals surface area contributed by atoms with Crippen molar-refractivity contribution in [1.82, 2.24) is 24.7 Å². The first-order chi connectivity index (χ1) is 11.6. The molecular weight excluding hydrogens is 334 g/mol. The fourth-order valence-corrected chi connectivity index (χ4v) is 3.37. The third-order valence-electron chi connectivity index (χ3n) is 3.45. The summed E-state index contributed by atoms with van der Waals surface area (Å²) < 4.78 is 28.1. The molecular formula is C15H16F2N6S. The zero-order valence-electron chi connectivity index (χ0n) is 13.0. The summed E-state index contributed by atoms with van der Waals surface area (Å²) in [5.74, 6) is 0.288. The largest absolute Gasteiger partial charge is 0.330 e. The zero-order chi connectivity index (χ0) is 17.1. The van der Waals surface area contributed by atoms with Crippen LogP contribution >= 0.6 is 11.8 Å². The number of alkyl halides is 2. The van der Waals surface area contributed by atoms with Crippen molar-refractivity contribution < 1.29 is 8.78 Å². The Hall–Kier alpha value is -2.13. The Kier molecular flexibility index (Phi) is 5.00. The van der Waals surface area contributed by atoms with E-state index in [1.165, 1.54) is 11.8 Å². The van der Waals surface area contributed by atoms with Crippen molar-refractivity contribution in [3.63, 3.8) is 0 Å². The number of hydrogen-bond acceptors (Lipinski definition) is 6. The molecule has 2 N–H and O–H groups in total. The van der Waals surface area contributed by atoms with Gasteiger partial charge in [0.25, 0.3) is 6.43 Å². The molecule has 2 aromatic heterocycles. The molecule has 1 aromatic carbocycles. The molecule has 0 saturated heterocycles. The first-order valence-corrected chi connectivity index (χ1v) is 8.30. The summed E-state index contributed by atoms with van der Waals surface area (Å²) >= 11 is 1.21. The van der Waals surface area contributed by atoms with Gasteiger partial charge in [-0.15, -0.1) is 10.2 Å². The van der Waals surface area contributed by atoms with Gasteiger partial charge in [-0.2, -0.15) is 0 Å². The highest BCUT2D eigenvalue weighted by molar-refractivity contribution is 7.99. The smallest absolute Gasteiger partial charge is 0.297 e. The molecule has 0 aliphatic rings. The number of para-hydroxylation sites is 1. The number of fused-ring (bicyclic) bond motifs is 1. The van der Waals surface area contributed by atoms with E-state index in [2.05, 4.69) is 20.2 Å². The minimum Gasteiger partial charge on any atom is -0.330 e. The number of aromatic nitrogens is 5. The highest BCUT2D eigenvalue weighted by atomic mass is 32.2. The molecule has 0 atom stereocenters. The van der Waals surface area contributed by atoms with Gasteiger partial charge in [0.2, 0.25) is 0 Å². The Morgan fingerprint density at radius 2 is 2.00 bits per heavy atom. The fraction of sp³-hybridized carbons (Fsp3) is 0.333. The van der Waals surface area contributed by atoms with Crippen LogP contribution in [-0.2, 0) is 13.0 Å². The van der Waals surface area contributed by atoms with Crippen LogP contribution in [0.5, 0.6) is 0 Å². The Morgan fingerprint density at radius 3 is 2.71 bits per heavy atom. The van der Waals surface area contributed by atoms with Gasteiger partial charge in [0.1, 0.15) is 10.9 Å². The van der Waals surface area contributed by atoms with Crippen LogP contribution in [0.1, 0.15) is 25.0 Å². The number of rotatable bonds is 6. The second-order valence-electron chi connectivity index (χ2n) is 4.99. The lowest BCUT2D eigenvalue weighted by Gasteiger charge is -2.09. The van der Waals surface area contributed by atoms with Gasteiger partial charge in [-0.3, -0.25) is 0 Å². The van der Waals surface area contributed by atoms with Gasteiger partial charge in [-0.25, -0.2) is 18.7 Å². The van der Waals surface area contributed by atoms with E-state index in [0.29, 0.717) is 40.6 Å². The summed E-state index contributed by atoms with van der Waals surface area (Å²) in [4.78, 5) is 7.94. The zero-order valence-corrected chi connectivity index (χ0v) is 13.8. The van der Waals surface area contributed by atoms with E-state index in [9.17, 15) is 8.78 Å². The molecule has 9 heteroatoms. The predicted molar refractivity (Wildman–Crippen MR) is 87.1 cm³/mol. The van der Waals surface area contributed by atoms with Crippen molar-refractivity contribution >= 4 is 22.7 Å². The maximum atomic E-state index is 13.1. The van der Waals surface area contributed by atoms with E-state index in [4.69, 9.17) is 5.73 Å². The van der Waals surface area contributed by atoms with E-state index in [-0.39, 0.29) is 0 Å². The molecule has 3 aromatic rings. The third-order valence-corrected chi connectivity index (χ3v) is 4.44. The monoisotopic (exact) mass is 350 g/mol. The Morgan fingerprint density at radius 1 is 1.21 bits per heavy atom. The van der Waals surface area contributed by atoms with Crippen molar-refractivity contribution in [2.75, 3.05) is 6.54 Å². The first-order valence-electron chi connectivity index (χ1n) is 7.48. The molecule has 0 aliphatic heterocycles. The Labute approximate surface area is 141 Å². The van der Waals surface area contributed by atoms with Gasteiger partial charge >= 0.3 is 0 Å². The van der Waals surface area contributed by atoms with Gasteiger partial charge in [-0.1, -0.05) is 18.2 Å². The molecule has 6 nitrogen and oxygen atoms in total. The third kappa shape index (κ3) is 3.22. The highest BCUT2D eigenvalue weighted by Crippen LogP contribution is 2.32. The van der Waals surface area contributed by atoms with Crippen molar-refractivity contribution in [2.24, 2.45) is 5.73 Å². The SMILES string of the molecule is CCn1c(CCN)nnc1Sc1nc(C(F)F)nc2ccccc12. The van der Waals surface area contributed by atoms with Gasteiger partial charge in [0.15, 0.2) is 11.0 Å². The van der Waals surface area contributed by atoms with E-state index in [1.54, 1.807) is 18.2 Å². The summed E-state index contributed by atoms with van der Waals surface area (Å²) in [6.07, 6.45) is -2.13. The summed E-state index contributed by atoms with van der Waals surface area (Å²) in [5.41, 5.74) is 6.06. The number of hydrogen-bond donors (Lipinski definition) is 1. The summed E-state index contributed by atoms with van der Waals surface area (Å²) in [5, 5.41) is 10.0. The van der Waals surface area contributed by atoms with Crippen molar-refractivity contribution in [3.05, 3.63) is 35.9 Å². The molecule has 0 aliphatic carbocycles. The van der Waals surface area contributed by atoms with E-state index >= 15 is 0 Å². The maximum absolute atomic E-state index is 13.1. The minimum absolute atomic E-state index is 0.442. The first kappa shape index (κ1) is 16.7. The quantitative estimate of drug-likeness (QED) is 0.689. The number of halogens is 2. The second-order valence-corrected chi connectivity index (χ2v) is 5.94. The lowest BCUT2D eigenvalue weighted by molar-refractivity contribution is 0.140. The van der Waals surface area contributed by atoms with Crippen LogP contribution in [0.15, 0.2) is 34.4 Å². The molecule has 0 radical (unpaired) electrons. The van der Waals surface area contributed by atoms with Crippen molar-refractivity contribution in [2.45, 2.75) is 36.5 Å². The normalized spacial score (nSPS) is 11.5. The predicted octanol–water partition coefficient (Wildman–Crippen LogP) is 2.83. The van der Waals surface area contributed by atoms with Crippen LogP contribution in [0.2, 0.25) is 0 Å². The molecule has 0 saturated carbocycles. The topological polar surface area (TPSA) is 82.5 Å². The molecule has 2 heterocycles. The summed E-state index contributed by atoms with van der Waals surface area (Å²) in [6, 6.07) is 7.08. The average Bonchev–Trinajstić information content (AvgIpc) is 2.96. The number of nitrogens with two attached hydrogens (primary N) is 1. The van der Waals surface area contributed by atoms with Gasteiger partial charge in [-0.05, 0) is 31.3 Å². The highest BCUT2D eigenvalue weighted by Gasteiger charge is 2.18. The van der Waals surface area contributed by atoms with E-state index in [0.717, 1.165) is 5.82 Å². The second kappa shape index (κ2) is 7.18. The molecule has 3 rings (SSSR count). The molecule has 0 amide bonds. The standard InChI is InChI=1S/C15H16F2N6S/c1-2-23-11(7-8-18)21-22-15(23)24-14-9-5-3-4-6-10(9)19-13(20-14)12(16)17/h3-6,12H,2,7-8,18H2,1H3. The van der Waals surface area contributed by atoms with Crippen molar-refractivity contribution in [3.8, 4) is 0 Å². The average molecular weight is 350 g/mol. The van der Waals surface area contributed by atoms with Gasteiger partial charge < -0.3 is 10.3 Å². The van der Waals surface area contributed by atoms with E-state index < -0.39 is 12.2 Å². The molecule has 0 bridgehead atoms. The molecule has 0 unspecified atom stereocenters. The Bertz CT molecular complexity index is 851. The maximum Gasteiger partial charge on any atom is 0.297 e. The lowest BCUT2D eigenvalue weighted by atomic mass is 10.2. The Balaban J connectivity index is 2.06. The molecule has 0 spiro atoms. The van der Waals surface area contributed by atoms with Gasteiger partial charge in [0.05, 0.1) is 5.52 Å². The lowest BCUT2D eigenvalue weighted by Crippen LogP contribution is -2.10. The summed E-state index contributed by atoms with van der Waals surface area (Å²) in [7, 11) is 0. The van der Waals surface area contributed by atoms with Gasteiger partial charge in [0, 0.05) is 18.4 Å². The van der Waals surface area contributed by atoms with Crippen LogP contribution in [0.3, 0.4) is 0 Å². The molecule has 0 fully saturated rings. The van der Waals surface area contributed by atoms with Crippen LogP contribution < -0.4 is 5.73 Å². The van der Waals surface area contributed by atoms with Crippen LogP contribution in [-0.4, -0.2) is 31.3 Å². The van der Waals surface area contributed by atoms with Crippen LogP contribution in [0.4, 0.5) is 8.78 Å². The van der Waals surface area contributed by atoms with Crippen LogP contribution in [0.25, 0.3) is 10.9 Å². The number of benzene rings is 1. The fourth-order valence-electron chi connectivity index (χ4n) is 2.35. The number of nitrogens with zero attached hydrogens (tertiary/aromatic N) is 5. The molecule has 24 heavy (non-hydrogen) atoms. The minimum atomic E-state index is -2.73.